The van der Waals surface area contributed by atoms with E-state index in [4.69, 9.17) is 9.47 Å². The molecule has 3 amide bonds. The number of piperazine rings is 1. The SMILES string of the molecule is CCOC(=O)N1CCN(C(=O)C(CCC(=O)OC(C)(C)C)NC(=O)c2cc(NC3CCCC3)nc(-c3ccccc3)n2)CC1. The van der Waals surface area contributed by atoms with Crippen molar-refractivity contribution in [1.29, 1.82) is 0 Å². The quantitative estimate of drug-likeness (QED) is 0.382. The lowest BCUT2D eigenvalue weighted by Crippen LogP contribution is -2.56. The van der Waals surface area contributed by atoms with Crippen LogP contribution in [0.1, 0.15) is 76.7 Å². The first-order valence-corrected chi connectivity index (χ1v) is 15.5. The highest BCUT2D eigenvalue weighted by atomic mass is 16.6. The molecule has 12 heteroatoms. The van der Waals surface area contributed by atoms with Crippen LogP contribution in [0.15, 0.2) is 36.4 Å². The second-order valence-electron chi connectivity index (χ2n) is 12.1. The van der Waals surface area contributed by atoms with Crippen molar-refractivity contribution in [3.63, 3.8) is 0 Å². The van der Waals surface area contributed by atoms with Crippen LogP contribution in [0, 0.1) is 0 Å². The minimum absolute atomic E-state index is 0.0430. The van der Waals surface area contributed by atoms with E-state index >= 15 is 0 Å². The van der Waals surface area contributed by atoms with E-state index in [0.29, 0.717) is 24.7 Å². The molecule has 4 rings (SSSR count). The van der Waals surface area contributed by atoms with Gasteiger partial charge >= 0.3 is 12.1 Å². The van der Waals surface area contributed by atoms with Crippen LogP contribution >= 0.6 is 0 Å². The van der Waals surface area contributed by atoms with Crippen molar-refractivity contribution in [2.75, 3.05) is 38.1 Å². The number of amides is 3. The van der Waals surface area contributed by atoms with Gasteiger partial charge in [0, 0.05) is 50.3 Å². The van der Waals surface area contributed by atoms with E-state index in [2.05, 4.69) is 20.6 Å². The standard InChI is InChI=1S/C32H44N6O6/c1-5-43-31(42)38-19-17-37(18-20-38)30(41)24(15-16-27(39)44-32(2,3)4)35-29(40)25-21-26(33-23-13-9-10-14-23)36-28(34-25)22-11-7-6-8-12-22/h6-8,11-12,21,23-24H,5,9-10,13-20H2,1-4H3,(H,35,40)(H,33,34,36). The predicted octanol–water partition coefficient (Wildman–Crippen LogP) is 4.02. The van der Waals surface area contributed by atoms with Crippen molar-refractivity contribution in [2.24, 2.45) is 0 Å². The molecule has 1 aromatic carbocycles. The third kappa shape index (κ3) is 9.39. The molecule has 12 nitrogen and oxygen atoms in total. The minimum atomic E-state index is -1.01. The molecule has 0 radical (unpaired) electrons. The van der Waals surface area contributed by atoms with Gasteiger partial charge in [0.05, 0.1) is 6.61 Å². The number of hydrogen-bond donors (Lipinski definition) is 2. The zero-order chi connectivity index (χ0) is 31.7. The Kier molecular flexibility index (Phi) is 11.1. The summed E-state index contributed by atoms with van der Waals surface area (Å²) in [5.41, 5.74) is 0.191. The topological polar surface area (TPSA) is 143 Å². The van der Waals surface area contributed by atoms with Gasteiger partial charge < -0.3 is 29.9 Å². The number of carbonyl (C=O) groups is 4. The van der Waals surface area contributed by atoms with Gasteiger partial charge in [-0.15, -0.1) is 0 Å². The highest BCUT2D eigenvalue weighted by Gasteiger charge is 2.32. The summed E-state index contributed by atoms with van der Waals surface area (Å²) in [6.07, 6.45) is 3.88. The number of nitrogens with zero attached hydrogens (tertiary/aromatic N) is 4. The summed E-state index contributed by atoms with van der Waals surface area (Å²) < 4.78 is 10.5. The van der Waals surface area contributed by atoms with Crippen LogP contribution in [0.25, 0.3) is 11.4 Å². The second kappa shape index (κ2) is 15.0. The number of esters is 1. The Morgan fingerprint density at radius 2 is 1.64 bits per heavy atom. The van der Waals surface area contributed by atoms with Gasteiger partial charge in [-0.3, -0.25) is 14.4 Å². The zero-order valence-electron chi connectivity index (χ0n) is 26.1. The van der Waals surface area contributed by atoms with Gasteiger partial charge in [-0.1, -0.05) is 43.2 Å². The largest absolute Gasteiger partial charge is 0.460 e. The summed E-state index contributed by atoms with van der Waals surface area (Å²) in [7, 11) is 0. The molecule has 2 heterocycles. The van der Waals surface area contributed by atoms with Crippen LogP contribution in [0.5, 0.6) is 0 Å². The number of anilines is 1. The normalized spacial score (nSPS) is 16.3. The van der Waals surface area contributed by atoms with Crippen LogP contribution in [0.4, 0.5) is 10.6 Å². The maximum atomic E-state index is 13.7. The van der Waals surface area contributed by atoms with Crippen LogP contribution in [-0.2, 0) is 19.1 Å². The molecular weight excluding hydrogens is 564 g/mol. The smallest absolute Gasteiger partial charge is 0.409 e. The fourth-order valence-corrected chi connectivity index (χ4v) is 5.32. The molecule has 1 aliphatic carbocycles. The van der Waals surface area contributed by atoms with Gasteiger partial charge in [0.25, 0.3) is 5.91 Å². The van der Waals surface area contributed by atoms with E-state index in [1.54, 1.807) is 43.6 Å². The maximum Gasteiger partial charge on any atom is 0.409 e. The van der Waals surface area contributed by atoms with Gasteiger partial charge in [-0.2, -0.15) is 0 Å². The number of nitrogens with one attached hydrogen (secondary N) is 2. The van der Waals surface area contributed by atoms with Crippen molar-refractivity contribution < 1.29 is 28.7 Å². The van der Waals surface area contributed by atoms with E-state index in [-0.39, 0.29) is 50.2 Å². The van der Waals surface area contributed by atoms with Gasteiger partial charge in [0.15, 0.2) is 5.82 Å². The number of carbonyl (C=O) groups excluding carboxylic acids is 4. The Labute approximate surface area is 258 Å². The Morgan fingerprint density at radius 3 is 2.27 bits per heavy atom. The number of benzene rings is 1. The first-order valence-electron chi connectivity index (χ1n) is 15.5. The Morgan fingerprint density at radius 1 is 0.977 bits per heavy atom. The molecule has 238 valence electrons. The second-order valence-corrected chi connectivity index (χ2v) is 12.1. The summed E-state index contributed by atoms with van der Waals surface area (Å²) >= 11 is 0. The van der Waals surface area contributed by atoms with Crippen molar-refractivity contribution in [2.45, 2.75) is 83.9 Å². The maximum absolute atomic E-state index is 13.7. The van der Waals surface area contributed by atoms with E-state index in [9.17, 15) is 19.2 Å². The highest BCUT2D eigenvalue weighted by Crippen LogP contribution is 2.24. The molecule has 0 spiro atoms. The fourth-order valence-electron chi connectivity index (χ4n) is 5.32. The van der Waals surface area contributed by atoms with E-state index in [1.165, 1.54) is 0 Å². The molecule has 1 aromatic heterocycles. The Balaban J connectivity index is 1.54. The highest BCUT2D eigenvalue weighted by molar-refractivity contribution is 5.97. The molecule has 1 saturated carbocycles. The monoisotopic (exact) mass is 608 g/mol. The number of hydrogen-bond acceptors (Lipinski definition) is 9. The van der Waals surface area contributed by atoms with E-state index in [1.807, 2.05) is 30.3 Å². The van der Waals surface area contributed by atoms with Crippen LogP contribution in [-0.4, -0.2) is 94.1 Å². The molecule has 1 unspecified atom stereocenters. The molecule has 2 N–H and O–H groups in total. The van der Waals surface area contributed by atoms with Gasteiger partial charge in [0.1, 0.15) is 23.2 Å². The summed E-state index contributed by atoms with van der Waals surface area (Å²) in [6.45, 7) is 8.49. The van der Waals surface area contributed by atoms with Gasteiger partial charge in [-0.05, 0) is 47.0 Å². The van der Waals surface area contributed by atoms with E-state index < -0.39 is 29.6 Å². The molecule has 1 atom stereocenters. The third-order valence-electron chi connectivity index (χ3n) is 7.48. The molecule has 0 bridgehead atoms. The van der Waals surface area contributed by atoms with Crippen LogP contribution < -0.4 is 10.6 Å². The van der Waals surface area contributed by atoms with Gasteiger partial charge in [-0.25, -0.2) is 14.8 Å². The summed E-state index contributed by atoms with van der Waals surface area (Å²) in [5, 5.41) is 6.29. The summed E-state index contributed by atoms with van der Waals surface area (Å²) in [6, 6.07) is 10.3. The van der Waals surface area contributed by atoms with Crippen molar-refractivity contribution >= 4 is 29.7 Å². The fraction of sp³-hybridized carbons (Fsp3) is 0.562. The summed E-state index contributed by atoms with van der Waals surface area (Å²) in [4.78, 5) is 64.5. The molecule has 2 aromatic rings. The summed E-state index contributed by atoms with van der Waals surface area (Å²) in [5.74, 6) is -0.417. The number of ether oxygens (including phenoxy) is 2. The Hall–Kier alpha value is -4.22. The van der Waals surface area contributed by atoms with Crippen LogP contribution in [0.3, 0.4) is 0 Å². The van der Waals surface area contributed by atoms with Crippen molar-refractivity contribution in [1.82, 2.24) is 25.1 Å². The minimum Gasteiger partial charge on any atom is -0.460 e. The molecular formula is C32H44N6O6. The van der Waals surface area contributed by atoms with Gasteiger partial charge in [0.2, 0.25) is 5.91 Å². The first-order chi connectivity index (χ1) is 21.0. The molecule has 44 heavy (non-hydrogen) atoms. The first kappa shape index (κ1) is 32.7. The average molecular weight is 609 g/mol. The average Bonchev–Trinajstić information content (AvgIpc) is 3.51. The Bertz CT molecular complexity index is 1300. The number of aromatic nitrogens is 2. The third-order valence-corrected chi connectivity index (χ3v) is 7.48. The molecule has 2 fully saturated rings. The van der Waals surface area contributed by atoms with E-state index in [0.717, 1.165) is 31.2 Å². The van der Waals surface area contributed by atoms with Crippen LogP contribution in [0.2, 0.25) is 0 Å². The lowest BCUT2D eigenvalue weighted by Gasteiger charge is -2.36. The lowest BCUT2D eigenvalue weighted by molar-refractivity contribution is -0.155. The zero-order valence-corrected chi connectivity index (χ0v) is 26.1. The number of rotatable bonds is 10. The molecule has 1 aliphatic heterocycles. The molecule has 2 aliphatic rings. The lowest BCUT2D eigenvalue weighted by atomic mass is 10.1. The van der Waals surface area contributed by atoms with Crippen molar-refractivity contribution in [3.05, 3.63) is 42.1 Å². The molecule has 1 saturated heterocycles. The van der Waals surface area contributed by atoms with Crippen molar-refractivity contribution in [3.8, 4) is 11.4 Å². The predicted molar refractivity (Wildman–Crippen MR) is 165 cm³/mol.